The summed E-state index contributed by atoms with van der Waals surface area (Å²) in [6, 6.07) is 14.1. The molecule has 1 unspecified atom stereocenters. The van der Waals surface area contributed by atoms with Gasteiger partial charge in [-0.1, -0.05) is 120 Å². The Labute approximate surface area is 239 Å². The van der Waals surface area contributed by atoms with Gasteiger partial charge in [0.05, 0.1) is 16.1 Å². The van der Waals surface area contributed by atoms with Crippen molar-refractivity contribution >= 4 is 32.2 Å². The third kappa shape index (κ3) is 4.84. The number of nitrogens with zero attached hydrogens (tertiary/aromatic N) is 1. The minimum absolute atomic E-state index is 0.222. The Kier molecular flexibility index (Phi) is 7.26. The van der Waals surface area contributed by atoms with Gasteiger partial charge in [0.15, 0.2) is 0 Å². The van der Waals surface area contributed by atoms with E-state index < -0.39 is 16.1 Å². The van der Waals surface area contributed by atoms with Crippen LogP contribution in [0.2, 0.25) is 31.2 Å². The van der Waals surface area contributed by atoms with Crippen LogP contribution in [-0.2, 0) is 0 Å². The SMILES string of the molecule is C=CCOc1c([Si](C)(C)C2C=C(N3CC4=C(CCC=C4)C3)c3ccccc32)cc(C)cc1[Si](C)(C)C(C)(C)C. The van der Waals surface area contributed by atoms with E-state index in [9.17, 15) is 0 Å². The summed E-state index contributed by atoms with van der Waals surface area (Å²) >= 11 is 0. The first-order chi connectivity index (χ1) is 18.4. The Morgan fingerprint density at radius 1 is 1.05 bits per heavy atom. The summed E-state index contributed by atoms with van der Waals surface area (Å²) in [7, 11) is -3.95. The molecule has 0 fully saturated rings. The van der Waals surface area contributed by atoms with Gasteiger partial charge < -0.3 is 9.64 Å². The first kappa shape index (κ1) is 28.0. The quantitative estimate of drug-likeness (QED) is 0.256. The number of allylic oxidation sites excluding steroid dienone is 2. The monoisotopic (exact) mass is 553 g/mol. The number of hydrogen-bond acceptors (Lipinski definition) is 2. The Bertz CT molecular complexity index is 1390. The highest BCUT2D eigenvalue weighted by Gasteiger charge is 2.45. The maximum atomic E-state index is 6.68. The second-order valence-corrected chi connectivity index (χ2v) is 23.8. The molecule has 0 aromatic heterocycles. The third-order valence-corrected chi connectivity index (χ3v) is 19.2. The fourth-order valence-corrected chi connectivity index (χ4v) is 12.2. The zero-order valence-electron chi connectivity index (χ0n) is 25.4. The van der Waals surface area contributed by atoms with Crippen LogP contribution in [0.5, 0.6) is 5.75 Å². The molecule has 2 nitrogen and oxygen atoms in total. The van der Waals surface area contributed by atoms with Crippen LogP contribution in [0.15, 0.2) is 78.4 Å². The molecule has 1 atom stereocenters. The van der Waals surface area contributed by atoms with Crippen molar-refractivity contribution in [3.63, 3.8) is 0 Å². The largest absolute Gasteiger partial charge is 0.490 e. The predicted molar refractivity (Wildman–Crippen MR) is 175 cm³/mol. The van der Waals surface area contributed by atoms with Crippen LogP contribution in [0.3, 0.4) is 0 Å². The molecule has 1 aliphatic heterocycles. The van der Waals surface area contributed by atoms with E-state index in [1.54, 1.807) is 5.57 Å². The van der Waals surface area contributed by atoms with E-state index in [1.807, 2.05) is 6.08 Å². The molecule has 5 rings (SSSR count). The molecule has 0 saturated heterocycles. The van der Waals surface area contributed by atoms with Gasteiger partial charge in [-0.15, -0.1) is 0 Å². The highest BCUT2D eigenvalue weighted by Crippen LogP contribution is 2.45. The summed E-state index contributed by atoms with van der Waals surface area (Å²) < 4.78 is 6.68. The second-order valence-electron chi connectivity index (χ2n) is 13.9. The first-order valence-corrected chi connectivity index (χ1v) is 20.8. The van der Waals surface area contributed by atoms with Crippen LogP contribution >= 0.6 is 0 Å². The molecule has 39 heavy (non-hydrogen) atoms. The molecule has 3 aliphatic rings. The van der Waals surface area contributed by atoms with Crippen LogP contribution in [0.1, 0.15) is 55.8 Å². The molecular formula is C35H47NOSi2. The molecule has 0 saturated carbocycles. The molecular weight excluding hydrogens is 507 g/mol. The molecule has 0 bridgehead atoms. The minimum atomic E-state index is -2.09. The van der Waals surface area contributed by atoms with Crippen molar-refractivity contribution in [1.82, 2.24) is 4.90 Å². The number of rotatable bonds is 7. The summed E-state index contributed by atoms with van der Waals surface area (Å²) in [4.78, 5) is 2.63. The van der Waals surface area contributed by atoms with Gasteiger partial charge in [-0.2, -0.15) is 0 Å². The Morgan fingerprint density at radius 3 is 2.46 bits per heavy atom. The van der Waals surface area contributed by atoms with Crippen LogP contribution in [0, 0.1) is 6.92 Å². The number of hydrogen-bond donors (Lipinski definition) is 0. The minimum Gasteiger partial charge on any atom is -0.490 e. The molecule has 0 spiro atoms. The molecule has 2 aromatic carbocycles. The van der Waals surface area contributed by atoms with E-state index in [4.69, 9.17) is 4.74 Å². The van der Waals surface area contributed by atoms with E-state index in [1.165, 1.54) is 51.2 Å². The maximum absolute atomic E-state index is 6.68. The molecule has 1 heterocycles. The van der Waals surface area contributed by atoms with Crippen LogP contribution in [0.4, 0.5) is 0 Å². The average Bonchev–Trinajstić information content (AvgIpc) is 3.49. The maximum Gasteiger partial charge on any atom is 0.118 e. The third-order valence-electron chi connectivity index (χ3n) is 9.96. The topological polar surface area (TPSA) is 12.5 Å². The van der Waals surface area contributed by atoms with Gasteiger partial charge in [0.2, 0.25) is 0 Å². The normalized spacial score (nSPS) is 19.2. The van der Waals surface area contributed by atoms with Gasteiger partial charge in [0.1, 0.15) is 12.4 Å². The number of ether oxygens (including phenoxy) is 1. The van der Waals surface area contributed by atoms with E-state index in [0.29, 0.717) is 12.1 Å². The van der Waals surface area contributed by atoms with E-state index in [-0.39, 0.29) is 5.04 Å². The number of aryl methyl sites for hydroxylation is 1. The number of fused-ring (bicyclic) bond motifs is 1. The predicted octanol–water partition coefficient (Wildman–Crippen LogP) is 7.83. The fraction of sp³-hybridized carbons (Fsp3) is 0.429. The van der Waals surface area contributed by atoms with Gasteiger partial charge in [0, 0.05) is 29.9 Å². The van der Waals surface area contributed by atoms with Crippen molar-refractivity contribution in [2.45, 2.75) is 77.3 Å². The molecule has 206 valence electrons. The first-order valence-electron chi connectivity index (χ1n) is 14.7. The molecule has 0 N–H and O–H groups in total. The van der Waals surface area contributed by atoms with Crippen molar-refractivity contribution in [3.05, 3.63) is 95.1 Å². The Morgan fingerprint density at radius 2 is 1.77 bits per heavy atom. The molecule has 0 amide bonds. The van der Waals surface area contributed by atoms with Crippen LogP contribution in [0.25, 0.3) is 5.70 Å². The van der Waals surface area contributed by atoms with Crippen LogP contribution < -0.4 is 15.1 Å². The Balaban J connectivity index is 1.63. The van der Waals surface area contributed by atoms with Gasteiger partial charge in [-0.3, -0.25) is 0 Å². The van der Waals surface area contributed by atoms with Crippen LogP contribution in [-0.4, -0.2) is 40.7 Å². The highest BCUT2D eigenvalue weighted by atomic mass is 28.3. The highest BCUT2D eigenvalue weighted by molar-refractivity contribution is 6.95. The zero-order chi connectivity index (χ0) is 28.2. The van der Waals surface area contributed by atoms with Crippen molar-refractivity contribution < 1.29 is 4.74 Å². The lowest BCUT2D eigenvalue weighted by atomic mass is 10.0. The van der Waals surface area contributed by atoms with Gasteiger partial charge >= 0.3 is 0 Å². The summed E-state index contributed by atoms with van der Waals surface area (Å²) in [5, 5.41) is 3.15. The van der Waals surface area contributed by atoms with E-state index >= 15 is 0 Å². The van der Waals surface area contributed by atoms with Gasteiger partial charge in [0.25, 0.3) is 0 Å². The Hall–Kier alpha value is -2.57. The van der Waals surface area contributed by atoms with Crippen molar-refractivity contribution in [2.75, 3.05) is 19.7 Å². The lowest BCUT2D eigenvalue weighted by Gasteiger charge is -2.40. The fourth-order valence-electron chi connectivity index (χ4n) is 6.57. The lowest BCUT2D eigenvalue weighted by molar-refractivity contribution is 0.368. The number of benzene rings is 2. The molecule has 0 radical (unpaired) electrons. The smallest absolute Gasteiger partial charge is 0.118 e. The summed E-state index contributed by atoms with van der Waals surface area (Å²) in [5.41, 5.74) is 9.29. The zero-order valence-corrected chi connectivity index (χ0v) is 27.4. The average molecular weight is 554 g/mol. The molecule has 2 aliphatic carbocycles. The lowest BCUT2D eigenvalue weighted by Crippen LogP contribution is -2.55. The summed E-state index contributed by atoms with van der Waals surface area (Å²) in [5.74, 6) is 1.16. The van der Waals surface area contributed by atoms with Gasteiger partial charge in [-0.05, 0) is 51.9 Å². The van der Waals surface area contributed by atoms with Crippen molar-refractivity contribution in [2.24, 2.45) is 0 Å². The molecule has 4 heteroatoms. The van der Waals surface area contributed by atoms with Crippen molar-refractivity contribution in [1.29, 1.82) is 0 Å². The van der Waals surface area contributed by atoms with E-state index in [0.717, 1.165) is 18.8 Å². The summed E-state index contributed by atoms with van der Waals surface area (Å²) in [6.07, 6.45) is 11.6. The second kappa shape index (κ2) is 10.1. The van der Waals surface area contributed by atoms with Gasteiger partial charge in [-0.25, -0.2) is 0 Å². The molecule has 2 aromatic rings. The van der Waals surface area contributed by atoms with Crippen molar-refractivity contribution in [3.8, 4) is 5.75 Å². The van der Waals surface area contributed by atoms with E-state index in [2.05, 4.69) is 120 Å². The standard InChI is InChI=1S/C35H47NOSi2/c1-10-19-37-34-32(20-25(2)21-33(34)39(8,9)35(3,4)5)38(6,7)31-22-30(28-17-13-14-18-29(28)31)36-23-26-15-11-12-16-27(26)24-36/h10-11,13-15,17-18,20-22,31H,1,12,16,19,23-24H2,2-9H3. The summed E-state index contributed by atoms with van der Waals surface area (Å²) in [6.45, 7) is 26.3.